The molecule has 0 amide bonds. The van der Waals surface area contributed by atoms with Crippen LogP contribution < -0.4 is 5.63 Å². The molecule has 1 aromatic rings. The lowest BCUT2D eigenvalue weighted by Crippen LogP contribution is -2.77. The highest BCUT2D eigenvalue weighted by molar-refractivity contribution is 5.66. The second kappa shape index (κ2) is 15.2. The minimum atomic E-state index is -1.81. The Morgan fingerprint density at radius 3 is 2.27 bits per heavy atom. The number of methoxy groups -OCH3 is 1. The van der Waals surface area contributed by atoms with E-state index in [0.717, 1.165) is 0 Å². The van der Waals surface area contributed by atoms with Crippen LogP contribution in [0.3, 0.4) is 0 Å². The fourth-order valence-electron chi connectivity index (χ4n) is 11.9. The Kier molecular flexibility index (Phi) is 11.4. The Hall–Kier alpha value is -2.10. The van der Waals surface area contributed by atoms with Crippen LogP contribution in [0, 0.1) is 22.7 Å². The van der Waals surface area contributed by atoms with Gasteiger partial charge < -0.3 is 73.7 Å². The molecule has 4 aliphatic carbocycles. The van der Waals surface area contributed by atoms with Crippen molar-refractivity contribution in [2.75, 3.05) is 13.7 Å². The minimum Gasteiger partial charge on any atom is -0.462 e. The number of hydrogen-bond acceptors (Lipinski definition) is 17. The smallest absolute Gasteiger partial charge is 0.335 e. The van der Waals surface area contributed by atoms with Gasteiger partial charge in [-0.1, -0.05) is 13.8 Å². The van der Waals surface area contributed by atoms with E-state index in [2.05, 4.69) is 0 Å². The first-order valence-electron chi connectivity index (χ1n) is 19.7. The normalized spacial score (nSPS) is 51.7. The lowest BCUT2D eigenvalue weighted by atomic mass is 9.40. The standard InChI is InChI=1S/C39H58O17/c1-17-28(44)33(50-5)31(47)35(52-17)56-32-24(15-40)55-34(30(46)29(32)45)54-20-8-10-36(3)22(12-20)23(53-18(2)41)14-38(48)25(36)13-26(42)37(4)21(9-11-39(37,38)49)19-6-7-27(43)51-16-19/h6-7,16-17,20-26,28-35,40,42,44-49H,8-15H2,1-5H3. The molecule has 4 saturated carbocycles. The molecular formula is C39H58O17. The summed E-state index contributed by atoms with van der Waals surface area (Å²) >= 11 is 0. The summed E-state index contributed by atoms with van der Waals surface area (Å²) in [6.45, 7) is 5.91. The molecule has 0 radical (unpaired) electrons. The maximum Gasteiger partial charge on any atom is 0.335 e. The van der Waals surface area contributed by atoms with Crippen LogP contribution in [0.2, 0.25) is 0 Å². The number of aliphatic hydroxyl groups excluding tert-OH is 6. The molecule has 8 N–H and O–H groups in total. The van der Waals surface area contributed by atoms with Crippen LogP contribution in [0.4, 0.5) is 0 Å². The molecule has 2 saturated heterocycles. The number of aliphatic hydroxyl groups is 8. The van der Waals surface area contributed by atoms with E-state index in [1.54, 1.807) is 19.9 Å². The van der Waals surface area contributed by atoms with Crippen molar-refractivity contribution in [1.29, 1.82) is 0 Å². The van der Waals surface area contributed by atoms with E-state index >= 15 is 0 Å². The number of hydrogen-bond donors (Lipinski definition) is 8. The van der Waals surface area contributed by atoms with Crippen molar-refractivity contribution in [1.82, 2.24) is 0 Å². The van der Waals surface area contributed by atoms with Gasteiger partial charge in [0.1, 0.15) is 60.0 Å². The van der Waals surface area contributed by atoms with Crippen molar-refractivity contribution < 1.29 is 78.5 Å². The summed E-state index contributed by atoms with van der Waals surface area (Å²) in [5.74, 6) is -2.07. The fraction of sp³-hybridized carbons (Fsp3) is 0.846. The summed E-state index contributed by atoms with van der Waals surface area (Å²) in [4.78, 5) is 24.4. The van der Waals surface area contributed by atoms with E-state index < -0.39 is 138 Å². The number of carbonyl (C=O) groups excluding carboxylic acids is 1. The maximum absolute atomic E-state index is 12.9. The Morgan fingerprint density at radius 2 is 1.62 bits per heavy atom. The summed E-state index contributed by atoms with van der Waals surface area (Å²) < 4.78 is 40.1. The third-order valence-electron chi connectivity index (χ3n) is 14.9. The van der Waals surface area contributed by atoms with Crippen LogP contribution >= 0.6 is 0 Å². The van der Waals surface area contributed by atoms with Crippen LogP contribution in [0.15, 0.2) is 27.6 Å². The molecule has 17 nitrogen and oxygen atoms in total. The van der Waals surface area contributed by atoms with Crippen LogP contribution in [0.25, 0.3) is 0 Å². The van der Waals surface area contributed by atoms with Gasteiger partial charge in [-0.3, -0.25) is 4.79 Å². The second-order valence-electron chi connectivity index (χ2n) is 17.5. The fourth-order valence-corrected chi connectivity index (χ4v) is 11.9. The van der Waals surface area contributed by atoms with Gasteiger partial charge in [-0.05, 0) is 74.3 Å². The van der Waals surface area contributed by atoms with Crippen LogP contribution in [0.1, 0.15) is 84.1 Å². The van der Waals surface area contributed by atoms with Gasteiger partial charge in [-0.15, -0.1) is 0 Å². The number of ether oxygens (including phenoxy) is 6. The van der Waals surface area contributed by atoms with Crippen molar-refractivity contribution in [3.8, 4) is 0 Å². The van der Waals surface area contributed by atoms with E-state index in [4.69, 9.17) is 32.8 Å². The Balaban J connectivity index is 1.10. The van der Waals surface area contributed by atoms with Crippen molar-refractivity contribution in [2.45, 2.75) is 169 Å². The molecule has 3 heterocycles. The van der Waals surface area contributed by atoms with E-state index in [9.17, 15) is 50.4 Å². The highest BCUT2D eigenvalue weighted by Gasteiger charge is 2.78. The summed E-state index contributed by atoms with van der Waals surface area (Å²) in [7, 11) is 1.31. The van der Waals surface area contributed by atoms with E-state index in [-0.39, 0.29) is 25.7 Å². The predicted octanol–water partition coefficient (Wildman–Crippen LogP) is -0.801. The van der Waals surface area contributed by atoms with Gasteiger partial charge in [0.05, 0.1) is 31.2 Å². The van der Waals surface area contributed by atoms with Crippen LogP contribution in [-0.2, 0) is 33.2 Å². The summed E-state index contributed by atoms with van der Waals surface area (Å²) in [5, 5.41) is 91.7. The zero-order valence-electron chi connectivity index (χ0n) is 32.4. The third kappa shape index (κ3) is 6.40. The van der Waals surface area contributed by atoms with Gasteiger partial charge in [0, 0.05) is 37.9 Å². The molecule has 20 atom stereocenters. The molecule has 316 valence electrons. The summed E-state index contributed by atoms with van der Waals surface area (Å²) in [5.41, 5.74) is -5.50. The van der Waals surface area contributed by atoms with Crippen LogP contribution in [0.5, 0.6) is 0 Å². The van der Waals surface area contributed by atoms with E-state index in [1.807, 2.05) is 6.92 Å². The molecule has 1 aromatic heterocycles. The van der Waals surface area contributed by atoms with Gasteiger partial charge in [0.15, 0.2) is 12.6 Å². The molecular weight excluding hydrogens is 740 g/mol. The number of rotatable bonds is 8. The number of carbonyl (C=O) groups is 1. The summed E-state index contributed by atoms with van der Waals surface area (Å²) in [6, 6.07) is 2.92. The zero-order valence-corrected chi connectivity index (χ0v) is 32.4. The molecule has 2 aliphatic heterocycles. The zero-order chi connectivity index (χ0) is 40.7. The Morgan fingerprint density at radius 1 is 0.911 bits per heavy atom. The monoisotopic (exact) mass is 798 g/mol. The lowest BCUT2D eigenvalue weighted by molar-refractivity contribution is -0.365. The molecule has 17 heteroatoms. The molecule has 0 aromatic carbocycles. The Bertz CT molecular complexity index is 1620. The quantitative estimate of drug-likeness (QED) is 0.118. The van der Waals surface area contributed by atoms with Crippen molar-refractivity contribution >= 4 is 5.97 Å². The van der Waals surface area contributed by atoms with E-state index in [1.165, 1.54) is 26.4 Å². The van der Waals surface area contributed by atoms with E-state index in [0.29, 0.717) is 24.8 Å². The van der Waals surface area contributed by atoms with Gasteiger partial charge in [0.25, 0.3) is 0 Å². The van der Waals surface area contributed by atoms with Gasteiger partial charge >= 0.3 is 11.6 Å². The highest BCUT2D eigenvalue weighted by Crippen LogP contribution is 2.72. The minimum absolute atomic E-state index is 0.110. The van der Waals surface area contributed by atoms with Crippen molar-refractivity contribution in [2.24, 2.45) is 22.7 Å². The van der Waals surface area contributed by atoms with Gasteiger partial charge in [-0.25, -0.2) is 4.79 Å². The molecule has 6 fully saturated rings. The number of fused-ring (bicyclic) bond motifs is 5. The first kappa shape index (κ1) is 42.0. The van der Waals surface area contributed by atoms with Gasteiger partial charge in [-0.2, -0.15) is 0 Å². The molecule has 7 rings (SSSR count). The maximum atomic E-state index is 12.9. The van der Waals surface area contributed by atoms with Crippen LogP contribution in [-0.4, -0.2) is 151 Å². The first-order valence-corrected chi connectivity index (χ1v) is 19.7. The second-order valence-corrected chi connectivity index (χ2v) is 17.5. The largest absolute Gasteiger partial charge is 0.462 e. The molecule has 20 unspecified atom stereocenters. The molecule has 0 bridgehead atoms. The topological polar surface area (TPSA) is 264 Å². The van der Waals surface area contributed by atoms with Crippen molar-refractivity contribution in [3.05, 3.63) is 34.4 Å². The molecule has 56 heavy (non-hydrogen) atoms. The lowest BCUT2D eigenvalue weighted by Gasteiger charge is -2.69. The van der Waals surface area contributed by atoms with Crippen molar-refractivity contribution in [3.63, 3.8) is 0 Å². The highest BCUT2D eigenvalue weighted by atomic mass is 16.7. The predicted molar refractivity (Wildman–Crippen MR) is 189 cm³/mol. The molecule has 0 spiro atoms. The average molecular weight is 799 g/mol. The Labute approximate surface area is 324 Å². The SMILES string of the molecule is COC1C(O)C(C)OC(OC2C(CO)OC(OC3CCC4(C)C(C3)C(OC(C)=O)CC3(O)C4CC(O)C4(C)C(c5ccc(=O)oc5)CCC34O)C(O)C2O)C1O. The third-order valence-corrected chi connectivity index (χ3v) is 14.9. The van der Waals surface area contributed by atoms with Gasteiger partial charge in [0.2, 0.25) is 0 Å². The number of esters is 1. The average Bonchev–Trinajstić information content (AvgIpc) is 3.44. The summed E-state index contributed by atoms with van der Waals surface area (Å²) in [6.07, 6.45) is -12.9. The first-order chi connectivity index (χ1) is 26.3. The molecule has 6 aliphatic rings.